The Hall–Kier alpha value is -5.66. The number of alkyl carbamates (subject to hydrolysis) is 2. The number of aromatic nitrogens is 4. The Morgan fingerprint density at radius 2 is 0.919 bits per heavy atom. The first-order valence-electron chi connectivity index (χ1n) is 22.2. The van der Waals surface area contributed by atoms with Gasteiger partial charge in [-0.15, -0.1) is 0 Å². The van der Waals surface area contributed by atoms with Crippen LogP contribution in [-0.4, -0.2) is 89.1 Å². The summed E-state index contributed by atoms with van der Waals surface area (Å²) >= 11 is 0. The van der Waals surface area contributed by atoms with Crippen molar-refractivity contribution in [1.29, 1.82) is 0 Å². The van der Waals surface area contributed by atoms with Crippen molar-refractivity contribution in [2.45, 2.75) is 142 Å². The molecule has 62 heavy (non-hydrogen) atoms. The maximum absolute atomic E-state index is 14.0. The summed E-state index contributed by atoms with van der Waals surface area (Å²) in [5.74, 6) is 1.94. The van der Waals surface area contributed by atoms with Crippen LogP contribution in [0, 0.1) is 23.7 Å². The first-order chi connectivity index (χ1) is 29.2. The molecule has 14 nitrogen and oxygen atoms in total. The number of likely N-dealkylation sites (tertiary alicyclic amines) is 2. The first-order valence-corrected chi connectivity index (χ1v) is 22.2. The third kappa shape index (κ3) is 9.10. The molecular weight excluding hydrogens is 785 g/mol. The molecular formula is C48H62N8O6. The van der Waals surface area contributed by atoms with Gasteiger partial charge in [-0.05, 0) is 113 Å². The van der Waals surface area contributed by atoms with Crippen molar-refractivity contribution in [3.05, 3.63) is 72.6 Å². The summed E-state index contributed by atoms with van der Waals surface area (Å²) in [5.41, 5.74) is 4.51. The number of fused-ring (bicyclic) bond motifs is 2. The molecule has 4 heterocycles. The summed E-state index contributed by atoms with van der Waals surface area (Å²) in [7, 11) is 0. The SMILES string of the molecule is CC(C)[C@@H](NC(=O)OC(C)(C)C)C(=O)N1[C@@H]2CC2C[C@H]1c1ncc(-c2ccc(-c3ccc(-c4cnc([C@@H]5CC6C[C@H]6N5C(=O)[C@H](NC(=O)OC(C)(C)C)C(C)C)[nH]4)cc3)cc2)[nH]1. The molecule has 2 aromatic carbocycles. The van der Waals surface area contributed by atoms with Crippen molar-refractivity contribution in [3.63, 3.8) is 0 Å². The number of hydrogen-bond donors (Lipinski definition) is 4. The van der Waals surface area contributed by atoms with E-state index in [9.17, 15) is 19.2 Å². The van der Waals surface area contributed by atoms with Gasteiger partial charge in [0.1, 0.15) is 34.9 Å². The third-order valence-electron chi connectivity index (χ3n) is 12.5. The topological polar surface area (TPSA) is 175 Å². The lowest BCUT2D eigenvalue weighted by molar-refractivity contribution is -0.137. The van der Waals surface area contributed by atoms with E-state index in [1.54, 1.807) is 41.5 Å². The van der Waals surface area contributed by atoms with Crippen LogP contribution in [0.1, 0.15) is 119 Å². The Bertz CT molecular complexity index is 2140. The fourth-order valence-corrected chi connectivity index (χ4v) is 9.24. The molecule has 2 aromatic heterocycles. The van der Waals surface area contributed by atoms with Gasteiger partial charge in [-0.25, -0.2) is 19.6 Å². The third-order valence-corrected chi connectivity index (χ3v) is 12.5. The van der Waals surface area contributed by atoms with E-state index in [-0.39, 0.29) is 47.8 Å². The number of rotatable bonds is 11. The highest BCUT2D eigenvalue weighted by Crippen LogP contribution is 2.54. The molecule has 0 bridgehead atoms. The number of ether oxygens (including phenoxy) is 2. The Labute approximate surface area is 364 Å². The Morgan fingerprint density at radius 1 is 0.581 bits per heavy atom. The second kappa shape index (κ2) is 16.2. The molecule has 2 saturated heterocycles. The van der Waals surface area contributed by atoms with Gasteiger partial charge in [0.05, 0.1) is 35.9 Å². The quantitative estimate of drug-likeness (QED) is 0.116. The molecule has 2 aliphatic carbocycles. The number of hydrogen-bond acceptors (Lipinski definition) is 8. The maximum atomic E-state index is 14.0. The van der Waals surface area contributed by atoms with E-state index >= 15 is 0 Å². The van der Waals surface area contributed by atoms with Crippen LogP contribution >= 0.6 is 0 Å². The summed E-state index contributed by atoms with van der Waals surface area (Å²) in [5, 5.41) is 5.69. The lowest BCUT2D eigenvalue weighted by atomic mass is 10.0. The van der Waals surface area contributed by atoms with E-state index < -0.39 is 35.5 Å². The van der Waals surface area contributed by atoms with E-state index in [2.05, 4.69) is 69.1 Å². The van der Waals surface area contributed by atoms with Crippen LogP contribution in [0.4, 0.5) is 9.59 Å². The number of imidazole rings is 2. The molecule has 4 aliphatic rings. The van der Waals surface area contributed by atoms with E-state index in [1.807, 2.05) is 49.9 Å². The molecule has 330 valence electrons. The molecule has 8 atom stereocenters. The summed E-state index contributed by atoms with van der Waals surface area (Å²) in [6.07, 6.45) is 6.09. The van der Waals surface area contributed by atoms with Crippen LogP contribution in [0.2, 0.25) is 0 Å². The number of nitrogens with zero attached hydrogens (tertiary/aromatic N) is 4. The smallest absolute Gasteiger partial charge is 0.408 e. The maximum Gasteiger partial charge on any atom is 0.408 e. The molecule has 2 saturated carbocycles. The van der Waals surface area contributed by atoms with Gasteiger partial charge in [-0.2, -0.15) is 0 Å². The van der Waals surface area contributed by atoms with Crippen LogP contribution in [0.5, 0.6) is 0 Å². The van der Waals surface area contributed by atoms with Gasteiger partial charge >= 0.3 is 12.2 Å². The number of nitrogens with one attached hydrogen (secondary N) is 4. The number of benzene rings is 2. The van der Waals surface area contributed by atoms with Gasteiger partial charge in [-0.1, -0.05) is 76.2 Å². The number of carbonyl (C=O) groups excluding carboxylic acids is 4. The van der Waals surface area contributed by atoms with Gasteiger partial charge in [0, 0.05) is 12.1 Å². The standard InChI is InChI=1S/C48H62N8O6/c1-25(2)39(53-45(59)61-47(5,6)7)43(57)55-35-19-31(35)21-37(55)41-49-23-33(51-41)29-15-11-27(12-16-29)28-13-17-30(18-14-28)34-24-50-42(52-34)38-22-32-20-36(32)56(38)44(58)40(26(3)4)54-46(60)62-48(8,9)10/h11-18,23-26,31-32,35-40H,19-22H2,1-10H3,(H,49,51)(H,50,52)(H,53,59)(H,54,60)/t31?,32?,35-,36-,37+,38+,39-,40-/m1/s1. The molecule has 4 fully saturated rings. The fourth-order valence-electron chi connectivity index (χ4n) is 9.24. The van der Waals surface area contributed by atoms with E-state index in [1.165, 1.54) is 0 Å². The molecule has 8 rings (SSSR count). The largest absolute Gasteiger partial charge is 0.444 e. The monoisotopic (exact) mass is 846 g/mol. The average Bonchev–Trinajstić information content (AvgIpc) is 3.78. The Balaban J connectivity index is 0.915. The molecule has 2 unspecified atom stereocenters. The van der Waals surface area contributed by atoms with Crippen molar-refractivity contribution in [3.8, 4) is 33.6 Å². The van der Waals surface area contributed by atoms with Crippen molar-refractivity contribution >= 4 is 24.0 Å². The van der Waals surface area contributed by atoms with Crippen molar-refractivity contribution in [1.82, 2.24) is 40.4 Å². The number of piperidine rings is 2. The molecule has 0 radical (unpaired) electrons. The molecule has 4 amide bonds. The lowest BCUT2D eigenvalue weighted by Crippen LogP contribution is -2.52. The minimum atomic E-state index is -0.703. The lowest BCUT2D eigenvalue weighted by Gasteiger charge is -2.32. The van der Waals surface area contributed by atoms with Crippen molar-refractivity contribution in [2.24, 2.45) is 23.7 Å². The van der Waals surface area contributed by atoms with Crippen LogP contribution in [0.3, 0.4) is 0 Å². The average molecular weight is 847 g/mol. The zero-order valence-corrected chi connectivity index (χ0v) is 37.6. The summed E-state index contributed by atoms with van der Waals surface area (Å²) in [4.78, 5) is 73.9. The van der Waals surface area contributed by atoms with Gasteiger partial charge in [0.25, 0.3) is 0 Å². The molecule has 4 aromatic rings. The van der Waals surface area contributed by atoms with Crippen LogP contribution in [0.15, 0.2) is 60.9 Å². The summed E-state index contributed by atoms with van der Waals surface area (Å²) < 4.78 is 11.0. The number of amides is 4. The van der Waals surface area contributed by atoms with Crippen LogP contribution in [-0.2, 0) is 19.1 Å². The summed E-state index contributed by atoms with van der Waals surface area (Å²) in [6.45, 7) is 18.6. The number of H-pyrrole nitrogens is 2. The Kier molecular flexibility index (Phi) is 11.3. The number of carbonyl (C=O) groups is 4. The van der Waals surface area contributed by atoms with E-state index in [4.69, 9.17) is 19.4 Å². The Morgan fingerprint density at radius 3 is 1.24 bits per heavy atom. The van der Waals surface area contributed by atoms with Crippen LogP contribution in [0.25, 0.3) is 33.6 Å². The normalized spacial score (nSPS) is 23.7. The van der Waals surface area contributed by atoms with E-state index in [0.717, 1.165) is 71.0 Å². The van der Waals surface area contributed by atoms with Crippen LogP contribution < -0.4 is 10.6 Å². The number of aromatic amines is 2. The predicted octanol–water partition coefficient (Wildman–Crippen LogP) is 8.56. The van der Waals surface area contributed by atoms with Gasteiger partial charge < -0.3 is 39.9 Å². The van der Waals surface area contributed by atoms with Crippen molar-refractivity contribution < 1.29 is 28.7 Å². The second-order valence-corrected chi connectivity index (χ2v) is 20.4. The van der Waals surface area contributed by atoms with Crippen molar-refractivity contribution in [2.75, 3.05) is 0 Å². The molecule has 4 N–H and O–H groups in total. The zero-order chi connectivity index (χ0) is 44.4. The highest BCUT2D eigenvalue weighted by molar-refractivity contribution is 5.88. The molecule has 0 spiro atoms. The van der Waals surface area contributed by atoms with Gasteiger partial charge in [0.2, 0.25) is 11.8 Å². The summed E-state index contributed by atoms with van der Waals surface area (Å²) in [6, 6.07) is 15.2. The van der Waals surface area contributed by atoms with Gasteiger partial charge in [0.15, 0.2) is 0 Å². The highest BCUT2D eigenvalue weighted by Gasteiger charge is 2.57. The minimum Gasteiger partial charge on any atom is -0.444 e. The van der Waals surface area contributed by atoms with Gasteiger partial charge in [-0.3, -0.25) is 9.59 Å². The fraction of sp³-hybridized carbons (Fsp3) is 0.542. The minimum absolute atomic E-state index is 0.100. The molecule has 14 heteroatoms. The van der Waals surface area contributed by atoms with E-state index in [0.29, 0.717) is 11.8 Å². The highest BCUT2D eigenvalue weighted by atomic mass is 16.6. The zero-order valence-electron chi connectivity index (χ0n) is 37.6. The first kappa shape index (κ1) is 43.0. The second-order valence-electron chi connectivity index (χ2n) is 20.4. The molecule has 2 aliphatic heterocycles. The predicted molar refractivity (Wildman–Crippen MR) is 235 cm³/mol.